The Balaban J connectivity index is 1.97. The summed E-state index contributed by atoms with van der Waals surface area (Å²) in [7, 11) is 0. The Kier molecular flexibility index (Phi) is 2.61. The summed E-state index contributed by atoms with van der Waals surface area (Å²) in [5.41, 5.74) is 6.75. The molecular weight excluding hydrogens is 162 g/mol. The lowest BCUT2D eigenvalue weighted by Gasteiger charge is -2.34. The fourth-order valence-corrected chi connectivity index (χ4v) is 2.92. The SMILES string of the molecule is CC1(C(N)C2CCOC2)CCCC1. The predicted octanol–water partition coefficient (Wildman–Crippen LogP) is 1.93. The first-order valence-electron chi connectivity index (χ1n) is 5.56. The minimum absolute atomic E-state index is 0.373. The molecule has 0 aromatic carbocycles. The van der Waals surface area contributed by atoms with E-state index in [9.17, 15) is 0 Å². The maximum absolute atomic E-state index is 6.34. The lowest BCUT2D eigenvalue weighted by atomic mass is 9.75. The van der Waals surface area contributed by atoms with Gasteiger partial charge in [-0.2, -0.15) is 0 Å². The van der Waals surface area contributed by atoms with Crippen LogP contribution in [0.15, 0.2) is 0 Å². The number of nitrogens with two attached hydrogens (primary N) is 1. The summed E-state index contributed by atoms with van der Waals surface area (Å²) in [4.78, 5) is 0. The van der Waals surface area contributed by atoms with Gasteiger partial charge in [0.25, 0.3) is 0 Å². The Bertz CT molecular complexity index is 169. The zero-order valence-corrected chi connectivity index (χ0v) is 8.59. The second-order valence-electron chi connectivity index (χ2n) is 5.01. The zero-order valence-electron chi connectivity index (χ0n) is 8.59. The van der Waals surface area contributed by atoms with Gasteiger partial charge in [-0.3, -0.25) is 0 Å². The average molecular weight is 183 g/mol. The molecule has 1 aliphatic carbocycles. The molecule has 2 fully saturated rings. The van der Waals surface area contributed by atoms with E-state index in [0.717, 1.165) is 13.2 Å². The van der Waals surface area contributed by atoms with Crippen molar-refractivity contribution in [3.63, 3.8) is 0 Å². The van der Waals surface area contributed by atoms with Crippen LogP contribution in [0.3, 0.4) is 0 Å². The second kappa shape index (κ2) is 3.58. The molecule has 2 aliphatic rings. The Morgan fingerprint density at radius 2 is 2.08 bits per heavy atom. The van der Waals surface area contributed by atoms with Crippen LogP contribution in [0, 0.1) is 11.3 Å². The van der Waals surface area contributed by atoms with E-state index in [1.165, 1.54) is 32.1 Å². The van der Waals surface area contributed by atoms with E-state index in [-0.39, 0.29) is 0 Å². The van der Waals surface area contributed by atoms with Crippen molar-refractivity contribution in [2.24, 2.45) is 17.1 Å². The van der Waals surface area contributed by atoms with Gasteiger partial charge in [0, 0.05) is 18.6 Å². The van der Waals surface area contributed by atoms with Crippen molar-refractivity contribution in [2.45, 2.75) is 45.1 Å². The molecule has 1 heterocycles. The Labute approximate surface area is 80.8 Å². The van der Waals surface area contributed by atoms with E-state index < -0.39 is 0 Å². The number of ether oxygens (including phenoxy) is 1. The molecule has 0 bridgehead atoms. The average Bonchev–Trinajstić information content (AvgIpc) is 2.73. The van der Waals surface area contributed by atoms with E-state index in [0.29, 0.717) is 17.4 Å². The Morgan fingerprint density at radius 3 is 2.62 bits per heavy atom. The standard InChI is InChI=1S/C11H21NO/c1-11(5-2-3-6-11)10(12)9-4-7-13-8-9/h9-10H,2-8,12H2,1H3. The predicted molar refractivity (Wildman–Crippen MR) is 53.5 cm³/mol. The number of rotatable bonds is 2. The van der Waals surface area contributed by atoms with Gasteiger partial charge in [0.1, 0.15) is 0 Å². The molecule has 2 N–H and O–H groups in total. The normalized spacial score (nSPS) is 35.1. The molecule has 2 nitrogen and oxygen atoms in total. The molecule has 0 aromatic rings. The molecule has 13 heavy (non-hydrogen) atoms. The smallest absolute Gasteiger partial charge is 0.0510 e. The highest BCUT2D eigenvalue weighted by molar-refractivity contribution is 4.94. The zero-order chi connectivity index (χ0) is 9.31. The summed E-state index contributed by atoms with van der Waals surface area (Å²) in [6, 6.07) is 0.373. The van der Waals surface area contributed by atoms with Crippen molar-refractivity contribution in [3.8, 4) is 0 Å². The molecule has 76 valence electrons. The van der Waals surface area contributed by atoms with E-state index in [1.807, 2.05) is 0 Å². The van der Waals surface area contributed by atoms with E-state index in [1.54, 1.807) is 0 Å². The van der Waals surface area contributed by atoms with Crippen molar-refractivity contribution in [2.75, 3.05) is 13.2 Å². The molecule has 0 amide bonds. The lowest BCUT2D eigenvalue weighted by Crippen LogP contribution is -2.43. The first kappa shape index (κ1) is 9.47. The second-order valence-corrected chi connectivity index (χ2v) is 5.01. The van der Waals surface area contributed by atoms with Crippen LogP contribution in [0.4, 0.5) is 0 Å². The number of hydrogen-bond acceptors (Lipinski definition) is 2. The maximum atomic E-state index is 6.34. The fraction of sp³-hybridized carbons (Fsp3) is 1.00. The molecule has 1 saturated heterocycles. The van der Waals surface area contributed by atoms with Gasteiger partial charge in [-0.05, 0) is 24.7 Å². The largest absolute Gasteiger partial charge is 0.381 e. The molecule has 2 heteroatoms. The van der Waals surface area contributed by atoms with Gasteiger partial charge in [0.05, 0.1) is 6.61 Å². The Hall–Kier alpha value is -0.0800. The molecule has 0 aromatic heterocycles. The Morgan fingerprint density at radius 1 is 1.38 bits per heavy atom. The molecule has 2 rings (SSSR count). The minimum atomic E-state index is 0.373. The topological polar surface area (TPSA) is 35.2 Å². The lowest BCUT2D eigenvalue weighted by molar-refractivity contribution is 0.149. The summed E-state index contributed by atoms with van der Waals surface area (Å²) in [5, 5.41) is 0. The third-order valence-electron chi connectivity index (χ3n) is 4.02. The van der Waals surface area contributed by atoms with Crippen LogP contribution in [-0.2, 0) is 4.74 Å². The van der Waals surface area contributed by atoms with Crippen LogP contribution in [0.5, 0.6) is 0 Å². The van der Waals surface area contributed by atoms with Crippen LogP contribution in [-0.4, -0.2) is 19.3 Å². The van der Waals surface area contributed by atoms with Crippen molar-refractivity contribution in [1.82, 2.24) is 0 Å². The summed E-state index contributed by atoms with van der Waals surface area (Å²) in [5.74, 6) is 0.628. The highest BCUT2D eigenvalue weighted by atomic mass is 16.5. The maximum Gasteiger partial charge on any atom is 0.0510 e. The van der Waals surface area contributed by atoms with Crippen LogP contribution >= 0.6 is 0 Å². The van der Waals surface area contributed by atoms with E-state index in [2.05, 4.69) is 6.92 Å². The summed E-state index contributed by atoms with van der Waals surface area (Å²) in [6.45, 7) is 4.19. The first-order valence-corrected chi connectivity index (χ1v) is 5.56. The van der Waals surface area contributed by atoms with Crippen molar-refractivity contribution in [1.29, 1.82) is 0 Å². The van der Waals surface area contributed by atoms with E-state index in [4.69, 9.17) is 10.5 Å². The van der Waals surface area contributed by atoms with Gasteiger partial charge in [-0.1, -0.05) is 19.8 Å². The third-order valence-corrected chi connectivity index (χ3v) is 4.02. The molecule has 1 aliphatic heterocycles. The van der Waals surface area contributed by atoms with Gasteiger partial charge < -0.3 is 10.5 Å². The highest BCUT2D eigenvalue weighted by Gasteiger charge is 2.39. The summed E-state index contributed by atoms with van der Waals surface area (Å²) in [6.07, 6.45) is 6.57. The van der Waals surface area contributed by atoms with Gasteiger partial charge in [0.15, 0.2) is 0 Å². The van der Waals surface area contributed by atoms with Crippen molar-refractivity contribution in [3.05, 3.63) is 0 Å². The molecule has 2 unspecified atom stereocenters. The van der Waals surface area contributed by atoms with Gasteiger partial charge in [0.2, 0.25) is 0 Å². The minimum Gasteiger partial charge on any atom is -0.381 e. The molecule has 2 atom stereocenters. The van der Waals surface area contributed by atoms with Gasteiger partial charge in [-0.15, -0.1) is 0 Å². The quantitative estimate of drug-likeness (QED) is 0.710. The third kappa shape index (κ3) is 1.75. The first-order chi connectivity index (χ1) is 6.22. The van der Waals surface area contributed by atoms with Crippen molar-refractivity contribution >= 4 is 0 Å². The fourth-order valence-electron chi connectivity index (χ4n) is 2.92. The van der Waals surface area contributed by atoms with E-state index >= 15 is 0 Å². The van der Waals surface area contributed by atoms with Gasteiger partial charge >= 0.3 is 0 Å². The summed E-state index contributed by atoms with van der Waals surface area (Å²) < 4.78 is 5.40. The molecule has 1 saturated carbocycles. The van der Waals surface area contributed by atoms with Crippen LogP contribution in [0.2, 0.25) is 0 Å². The van der Waals surface area contributed by atoms with Crippen molar-refractivity contribution < 1.29 is 4.74 Å². The summed E-state index contributed by atoms with van der Waals surface area (Å²) >= 11 is 0. The molecular formula is C11H21NO. The monoisotopic (exact) mass is 183 g/mol. The number of hydrogen-bond donors (Lipinski definition) is 1. The molecule has 0 spiro atoms. The highest BCUT2D eigenvalue weighted by Crippen LogP contribution is 2.43. The van der Waals surface area contributed by atoms with Crippen LogP contribution in [0.1, 0.15) is 39.0 Å². The molecule has 0 radical (unpaired) electrons. The van der Waals surface area contributed by atoms with Gasteiger partial charge in [-0.25, -0.2) is 0 Å². The van der Waals surface area contributed by atoms with Crippen LogP contribution in [0.25, 0.3) is 0 Å². The van der Waals surface area contributed by atoms with Crippen LogP contribution < -0.4 is 5.73 Å².